The Hall–Kier alpha value is -1.83. The molecule has 0 rings (SSSR count). The highest BCUT2D eigenvalue weighted by atomic mass is 16.6. The molecule has 8 nitrogen and oxygen atoms in total. The predicted molar refractivity (Wildman–Crippen MR) is 39.0 cm³/mol. The van der Waals surface area contributed by atoms with Crippen LogP contribution in [0.2, 0.25) is 0 Å². The van der Waals surface area contributed by atoms with Crippen molar-refractivity contribution in [1.29, 1.82) is 0 Å². The summed E-state index contributed by atoms with van der Waals surface area (Å²) in [5, 5.41) is 21.8. The molecule has 76 valence electrons. The largest absolute Gasteiger partial charge is 0.503 e. The number of carboxylic acid groups (broad SMARTS) is 2. The van der Waals surface area contributed by atoms with Crippen molar-refractivity contribution in [1.82, 2.24) is 5.48 Å². The Morgan fingerprint density at radius 2 is 1.54 bits per heavy atom. The average molecular weight is 194 g/mol. The highest BCUT2D eigenvalue weighted by Gasteiger charge is 2.00. The van der Waals surface area contributed by atoms with Crippen LogP contribution in [-0.4, -0.2) is 33.4 Å². The van der Waals surface area contributed by atoms with Gasteiger partial charge in [-0.3, -0.25) is 14.8 Å². The van der Waals surface area contributed by atoms with Gasteiger partial charge in [-0.1, -0.05) is 0 Å². The monoisotopic (exact) mass is 194 g/mol. The molecule has 0 aliphatic heterocycles. The van der Waals surface area contributed by atoms with Crippen LogP contribution in [0.25, 0.3) is 0 Å². The van der Waals surface area contributed by atoms with Crippen LogP contribution >= 0.6 is 0 Å². The minimum absolute atomic E-state index is 0.0353. The summed E-state index contributed by atoms with van der Waals surface area (Å²) in [6.45, 7) is 0. The van der Waals surface area contributed by atoms with Gasteiger partial charge >= 0.3 is 6.16 Å². The van der Waals surface area contributed by atoms with Crippen LogP contribution in [0.5, 0.6) is 0 Å². The van der Waals surface area contributed by atoms with Crippen molar-refractivity contribution in [2.75, 3.05) is 0 Å². The molecule has 0 aromatic carbocycles. The molecule has 6 N–H and O–H groups in total. The Morgan fingerprint density at radius 3 is 1.77 bits per heavy atom. The molecule has 0 unspecified atom stereocenters. The molecule has 13 heavy (non-hydrogen) atoms. The number of nitrogens with one attached hydrogen (secondary N) is 1. The first-order valence-electron chi connectivity index (χ1n) is 3.03. The standard InChI is InChI=1S/C4H8N2O3.CH2O3/c5-3(7)1-2-4(8)6-9;2-1(3)4/h9H,1-2H2,(H2,5,7)(H,6,8);(H2,2,3,4). The van der Waals surface area contributed by atoms with Gasteiger partial charge in [-0.2, -0.15) is 0 Å². The van der Waals surface area contributed by atoms with E-state index in [0.717, 1.165) is 0 Å². The van der Waals surface area contributed by atoms with E-state index >= 15 is 0 Å². The van der Waals surface area contributed by atoms with Crippen LogP contribution in [0.1, 0.15) is 12.8 Å². The van der Waals surface area contributed by atoms with Crippen molar-refractivity contribution in [2.45, 2.75) is 12.8 Å². The molecule has 0 bridgehead atoms. The van der Waals surface area contributed by atoms with Crippen molar-refractivity contribution in [3.05, 3.63) is 0 Å². The Morgan fingerprint density at radius 1 is 1.15 bits per heavy atom. The van der Waals surface area contributed by atoms with Crippen molar-refractivity contribution in [3.8, 4) is 0 Å². The van der Waals surface area contributed by atoms with Crippen LogP contribution in [0.4, 0.5) is 4.79 Å². The van der Waals surface area contributed by atoms with Gasteiger partial charge in [0.25, 0.3) is 0 Å². The van der Waals surface area contributed by atoms with E-state index < -0.39 is 18.0 Å². The summed E-state index contributed by atoms with van der Waals surface area (Å²) in [7, 11) is 0. The number of amides is 2. The number of carbonyl (C=O) groups excluding carboxylic acids is 2. The second kappa shape index (κ2) is 8.27. The highest BCUT2D eigenvalue weighted by molar-refractivity contribution is 5.82. The van der Waals surface area contributed by atoms with Crippen LogP contribution in [0.3, 0.4) is 0 Å². The number of rotatable bonds is 3. The minimum atomic E-state index is -1.83. The molecule has 0 aliphatic carbocycles. The van der Waals surface area contributed by atoms with Gasteiger partial charge in [0.1, 0.15) is 0 Å². The maximum atomic E-state index is 10.1. The zero-order chi connectivity index (χ0) is 10.9. The summed E-state index contributed by atoms with van der Waals surface area (Å²) in [6.07, 6.45) is -1.93. The van der Waals surface area contributed by atoms with E-state index in [1.165, 1.54) is 5.48 Å². The Kier molecular flexibility index (Phi) is 8.74. The Bertz CT molecular complexity index is 187. The van der Waals surface area contributed by atoms with E-state index in [1.807, 2.05) is 0 Å². The van der Waals surface area contributed by atoms with Gasteiger partial charge in [-0.05, 0) is 0 Å². The molecule has 2 amide bonds. The van der Waals surface area contributed by atoms with Crippen LogP contribution in [0.15, 0.2) is 0 Å². The maximum absolute atomic E-state index is 10.1. The van der Waals surface area contributed by atoms with Gasteiger partial charge in [0.15, 0.2) is 0 Å². The lowest BCUT2D eigenvalue weighted by Crippen LogP contribution is -2.21. The summed E-state index contributed by atoms with van der Waals surface area (Å²) in [5.41, 5.74) is 6.07. The SMILES string of the molecule is NC(=O)CCC(=O)NO.O=C(O)O. The number of hydroxylamine groups is 1. The lowest BCUT2D eigenvalue weighted by Gasteiger charge is -1.92. The van der Waals surface area contributed by atoms with Crippen LogP contribution in [0, 0.1) is 0 Å². The lowest BCUT2D eigenvalue weighted by molar-refractivity contribution is -0.131. The topological polar surface area (TPSA) is 150 Å². The second-order valence-electron chi connectivity index (χ2n) is 1.78. The van der Waals surface area contributed by atoms with Crippen molar-refractivity contribution in [3.63, 3.8) is 0 Å². The van der Waals surface area contributed by atoms with E-state index in [0.29, 0.717) is 0 Å². The van der Waals surface area contributed by atoms with E-state index in [1.54, 1.807) is 0 Å². The smallest absolute Gasteiger partial charge is 0.450 e. The molecule has 0 heterocycles. The molecular weight excluding hydrogens is 184 g/mol. The number of nitrogens with two attached hydrogens (primary N) is 1. The second-order valence-corrected chi connectivity index (χ2v) is 1.78. The summed E-state index contributed by atoms with van der Waals surface area (Å²) in [5.74, 6) is -1.16. The Balaban J connectivity index is 0. The first-order valence-corrected chi connectivity index (χ1v) is 3.03. The third-order valence-electron chi connectivity index (χ3n) is 0.723. The van der Waals surface area contributed by atoms with Gasteiger partial charge in [0.05, 0.1) is 0 Å². The summed E-state index contributed by atoms with van der Waals surface area (Å²) in [4.78, 5) is 28.7. The van der Waals surface area contributed by atoms with Crippen molar-refractivity contribution >= 4 is 18.0 Å². The van der Waals surface area contributed by atoms with Gasteiger partial charge < -0.3 is 15.9 Å². The molecule has 0 fully saturated rings. The number of hydrogen-bond donors (Lipinski definition) is 5. The summed E-state index contributed by atoms with van der Waals surface area (Å²) >= 11 is 0. The third kappa shape index (κ3) is 25.4. The summed E-state index contributed by atoms with van der Waals surface area (Å²) in [6, 6.07) is 0. The molecule has 0 aromatic heterocycles. The highest BCUT2D eigenvalue weighted by Crippen LogP contribution is 1.84. The average Bonchev–Trinajstić information content (AvgIpc) is 1.99. The molecular formula is C5H10N2O6. The van der Waals surface area contributed by atoms with E-state index in [2.05, 4.69) is 0 Å². The van der Waals surface area contributed by atoms with Gasteiger partial charge in [-0.15, -0.1) is 0 Å². The zero-order valence-electron chi connectivity index (χ0n) is 6.56. The van der Waals surface area contributed by atoms with Crippen LogP contribution < -0.4 is 11.2 Å². The first kappa shape index (κ1) is 13.7. The first-order chi connectivity index (χ1) is 5.90. The van der Waals surface area contributed by atoms with Crippen LogP contribution in [-0.2, 0) is 9.59 Å². The Labute approximate surface area is 72.9 Å². The van der Waals surface area contributed by atoms with Gasteiger partial charge in [0.2, 0.25) is 11.8 Å². The molecule has 0 atom stereocenters. The number of hydrogen-bond acceptors (Lipinski definition) is 4. The molecule has 0 aliphatic rings. The maximum Gasteiger partial charge on any atom is 0.503 e. The van der Waals surface area contributed by atoms with Gasteiger partial charge in [0, 0.05) is 12.8 Å². The lowest BCUT2D eigenvalue weighted by atomic mass is 10.3. The minimum Gasteiger partial charge on any atom is -0.450 e. The molecule has 0 saturated carbocycles. The zero-order valence-corrected chi connectivity index (χ0v) is 6.56. The van der Waals surface area contributed by atoms with E-state index in [4.69, 9.17) is 25.9 Å². The summed E-state index contributed by atoms with van der Waals surface area (Å²) < 4.78 is 0. The molecule has 0 spiro atoms. The normalized spacial score (nSPS) is 7.77. The quantitative estimate of drug-likeness (QED) is 0.286. The fourth-order valence-electron chi connectivity index (χ4n) is 0.293. The van der Waals surface area contributed by atoms with Crippen molar-refractivity contribution in [2.24, 2.45) is 5.73 Å². The van der Waals surface area contributed by atoms with Gasteiger partial charge in [-0.25, -0.2) is 10.3 Å². The molecule has 0 saturated heterocycles. The number of carbonyl (C=O) groups is 3. The third-order valence-corrected chi connectivity index (χ3v) is 0.723. The predicted octanol–water partition coefficient (Wildman–Crippen LogP) is -1.02. The van der Waals surface area contributed by atoms with E-state index in [9.17, 15) is 9.59 Å². The van der Waals surface area contributed by atoms with Crippen molar-refractivity contribution < 1.29 is 29.8 Å². The van der Waals surface area contributed by atoms with E-state index in [-0.39, 0.29) is 12.8 Å². The molecule has 0 aromatic rings. The molecule has 0 radical (unpaired) electrons. The number of primary amides is 1. The molecule has 8 heteroatoms. The fourth-order valence-corrected chi connectivity index (χ4v) is 0.293. The fraction of sp³-hybridized carbons (Fsp3) is 0.400.